The summed E-state index contributed by atoms with van der Waals surface area (Å²) in [4.78, 5) is 14.0. The second-order valence-electron chi connectivity index (χ2n) is 5.70. The van der Waals surface area contributed by atoms with Gasteiger partial charge < -0.3 is 10.2 Å². The van der Waals surface area contributed by atoms with Crippen LogP contribution in [0.4, 0.5) is 0 Å². The minimum atomic E-state index is 0.306. The Balaban J connectivity index is 1.68. The molecule has 1 aliphatic rings. The van der Waals surface area contributed by atoms with Crippen molar-refractivity contribution in [3.8, 4) is 0 Å². The Morgan fingerprint density at radius 2 is 1.95 bits per heavy atom. The second-order valence-corrected chi connectivity index (χ2v) is 5.70. The van der Waals surface area contributed by atoms with Crippen molar-refractivity contribution < 1.29 is 4.79 Å². The lowest BCUT2D eigenvalue weighted by Crippen LogP contribution is -2.39. The van der Waals surface area contributed by atoms with Gasteiger partial charge >= 0.3 is 0 Å². The molecule has 3 heteroatoms. The van der Waals surface area contributed by atoms with E-state index in [9.17, 15) is 4.79 Å². The predicted octanol–water partition coefficient (Wildman–Crippen LogP) is 2.47. The molecule has 0 bridgehead atoms. The summed E-state index contributed by atoms with van der Waals surface area (Å²) in [5.74, 6) is 1.09. The number of hydrogen-bond acceptors (Lipinski definition) is 2. The average Bonchev–Trinajstić information content (AvgIpc) is 2.52. The maximum absolute atomic E-state index is 11.9. The Labute approximate surface area is 122 Å². The Morgan fingerprint density at radius 3 is 2.60 bits per heavy atom. The van der Waals surface area contributed by atoms with Crippen LogP contribution in [-0.4, -0.2) is 37.5 Å². The van der Waals surface area contributed by atoms with Gasteiger partial charge in [-0.3, -0.25) is 4.79 Å². The molecule has 1 saturated heterocycles. The van der Waals surface area contributed by atoms with E-state index in [-0.39, 0.29) is 0 Å². The lowest BCUT2D eigenvalue weighted by molar-refractivity contribution is -0.132. The molecule has 3 nitrogen and oxygen atoms in total. The number of nitrogens with one attached hydrogen (secondary N) is 1. The third-order valence-electron chi connectivity index (χ3n) is 4.24. The highest BCUT2D eigenvalue weighted by molar-refractivity contribution is 5.76. The van der Waals surface area contributed by atoms with Crippen LogP contribution in [0.1, 0.15) is 31.2 Å². The van der Waals surface area contributed by atoms with Gasteiger partial charge in [0, 0.05) is 26.1 Å². The van der Waals surface area contributed by atoms with Crippen molar-refractivity contribution in [1.82, 2.24) is 10.2 Å². The summed E-state index contributed by atoms with van der Waals surface area (Å²) in [5.41, 5.74) is 1.43. The average molecular weight is 274 g/mol. The van der Waals surface area contributed by atoms with Crippen molar-refractivity contribution in [3.05, 3.63) is 35.9 Å². The van der Waals surface area contributed by atoms with Crippen LogP contribution >= 0.6 is 0 Å². The third kappa shape index (κ3) is 4.64. The molecule has 0 aromatic heterocycles. The van der Waals surface area contributed by atoms with Crippen LogP contribution in [0.2, 0.25) is 0 Å². The molecular formula is C17H26N2O. The number of carbonyl (C=O) groups is 1. The molecule has 2 rings (SSSR count). The van der Waals surface area contributed by atoms with E-state index in [1.54, 1.807) is 0 Å². The van der Waals surface area contributed by atoms with Crippen LogP contribution in [0.25, 0.3) is 0 Å². The maximum Gasteiger partial charge on any atom is 0.223 e. The fourth-order valence-corrected chi connectivity index (χ4v) is 2.88. The molecule has 0 spiro atoms. The first-order valence-electron chi connectivity index (χ1n) is 7.76. The number of carbonyl (C=O) groups excluding carboxylic acids is 1. The number of hydrogen-bond donors (Lipinski definition) is 1. The number of amides is 1. The Kier molecular flexibility index (Phi) is 6.06. The van der Waals surface area contributed by atoms with Gasteiger partial charge in [-0.25, -0.2) is 0 Å². The van der Waals surface area contributed by atoms with Crippen LogP contribution in [-0.2, 0) is 11.2 Å². The summed E-state index contributed by atoms with van der Waals surface area (Å²) in [6.45, 7) is 2.68. The van der Waals surface area contributed by atoms with Crippen molar-refractivity contribution in [1.29, 1.82) is 0 Å². The van der Waals surface area contributed by atoms with Gasteiger partial charge in [-0.05, 0) is 44.2 Å². The third-order valence-corrected chi connectivity index (χ3v) is 4.24. The summed E-state index contributed by atoms with van der Waals surface area (Å²) in [6, 6.07) is 10.7. The molecule has 0 aliphatic carbocycles. The van der Waals surface area contributed by atoms with E-state index in [4.69, 9.17) is 0 Å². The smallest absolute Gasteiger partial charge is 0.223 e. The van der Waals surface area contributed by atoms with Gasteiger partial charge in [0.2, 0.25) is 5.91 Å². The van der Waals surface area contributed by atoms with Crippen LogP contribution in [0.3, 0.4) is 0 Å². The highest BCUT2D eigenvalue weighted by atomic mass is 16.2. The van der Waals surface area contributed by atoms with E-state index in [0.29, 0.717) is 12.3 Å². The first kappa shape index (κ1) is 15.0. The highest BCUT2D eigenvalue weighted by Gasteiger charge is 2.21. The number of aryl methyl sites for hydroxylation is 1. The van der Waals surface area contributed by atoms with Gasteiger partial charge in [0.05, 0.1) is 0 Å². The van der Waals surface area contributed by atoms with Crippen molar-refractivity contribution in [2.75, 3.05) is 26.7 Å². The fourth-order valence-electron chi connectivity index (χ4n) is 2.88. The van der Waals surface area contributed by atoms with Gasteiger partial charge in [-0.2, -0.15) is 0 Å². The molecule has 1 N–H and O–H groups in total. The number of piperidine rings is 1. The molecular weight excluding hydrogens is 248 g/mol. The van der Waals surface area contributed by atoms with E-state index < -0.39 is 0 Å². The molecule has 1 aliphatic heterocycles. The molecule has 110 valence electrons. The van der Waals surface area contributed by atoms with Crippen molar-refractivity contribution in [2.45, 2.75) is 32.1 Å². The van der Waals surface area contributed by atoms with E-state index in [0.717, 1.165) is 38.4 Å². The molecule has 0 radical (unpaired) electrons. The number of rotatable bonds is 6. The molecule has 20 heavy (non-hydrogen) atoms. The van der Waals surface area contributed by atoms with Crippen molar-refractivity contribution >= 4 is 5.91 Å². The lowest BCUT2D eigenvalue weighted by atomic mass is 9.90. The topological polar surface area (TPSA) is 32.3 Å². The fraction of sp³-hybridized carbons (Fsp3) is 0.588. The molecule has 1 amide bonds. The minimum Gasteiger partial charge on any atom is -0.343 e. The molecule has 0 atom stereocenters. The van der Waals surface area contributed by atoms with Crippen molar-refractivity contribution in [2.24, 2.45) is 5.92 Å². The quantitative estimate of drug-likeness (QED) is 0.864. The molecule has 1 aromatic rings. The van der Waals surface area contributed by atoms with Gasteiger partial charge in [-0.15, -0.1) is 0 Å². The highest BCUT2D eigenvalue weighted by Crippen LogP contribution is 2.22. The second kappa shape index (κ2) is 8.05. The van der Waals surface area contributed by atoms with Crippen molar-refractivity contribution in [3.63, 3.8) is 0 Å². The largest absolute Gasteiger partial charge is 0.343 e. The van der Waals surface area contributed by atoms with Crippen LogP contribution in [0, 0.1) is 5.92 Å². The number of benzene rings is 1. The van der Waals surface area contributed by atoms with Crippen LogP contribution < -0.4 is 5.32 Å². The summed E-state index contributed by atoms with van der Waals surface area (Å²) >= 11 is 0. The standard InChI is InChI=1S/C17H26N2O/c1-18-12-9-17(20)19-13-10-16(11-14-19)8-7-15-5-3-2-4-6-15/h2-6,16,18H,7-14H2,1H3. The maximum atomic E-state index is 11.9. The zero-order chi connectivity index (χ0) is 14.2. The number of nitrogens with zero attached hydrogens (tertiary/aromatic N) is 1. The number of likely N-dealkylation sites (tertiary alicyclic amines) is 1. The normalized spacial score (nSPS) is 16.4. The molecule has 1 heterocycles. The monoisotopic (exact) mass is 274 g/mol. The van der Waals surface area contributed by atoms with E-state index >= 15 is 0 Å². The SMILES string of the molecule is CNCCC(=O)N1CCC(CCc2ccccc2)CC1. The van der Waals surface area contributed by atoms with Gasteiger partial charge in [-0.1, -0.05) is 30.3 Å². The molecule has 0 unspecified atom stereocenters. The molecule has 1 aromatic carbocycles. The summed E-state index contributed by atoms with van der Waals surface area (Å²) in [5, 5.41) is 3.04. The minimum absolute atomic E-state index is 0.306. The van der Waals surface area contributed by atoms with Crippen LogP contribution in [0.15, 0.2) is 30.3 Å². The van der Waals surface area contributed by atoms with E-state index in [2.05, 4.69) is 35.6 Å². The van der Waals surface area contributed by atoms with Crippen LogP contribution in [0.5, 0.6) is 0 Å². The molecule has 1 fully saturated rings. The van der Waals surface area contributed by atoms with E-state index in [1.165, 1.54) is 18.4 Å². The first-order chi connectivity index (χ1) is 9.79. The molecule has 0 saturated carbocycles. The summed E-state index contributed by atoms with van der Waals surface area (Å²) in [7, 11) is 1.89. The Morgan fingerprint density at radius 1 is 1.25 bits per heavy atom. The van der Waals surface area contributed by atoms with E-state index in [1.807, 2.05) is 11.9 Å². The lowest BCUT2D eigenvalue weighted by Gasteiger charge is -2.32. The zero-order valence-corrected chi connectivity index (χ0v) is 12.5. The Hall–Kier alpha value is -1.35. The Bertz CT molecular complexity index is 397. The summed E-state index contributed by atoms with van der Waals surface area (Å²) in [6.07, 6.45) is 5.38. The zero-order valence-electron chi connectivity index (χ0n) is 12.5. The summed E-state index contributed by atoms with van der Waals surface area (Å²) < 4.78 is 0. The van der Waals surface area contributed by atoms with Gasteiger partial charge in [0.25, 0.3) is 0 Å². The first-order valence-corrected chi connectivity index (χ1v) is 7.76. The predicted molar refractivity (Wildman–Crippen MR) is 82.6 cm³/mol. The van der Waals surface area contributed by atoms with Gasteiger partial charge in [0.15, 0.2) is 0 Å². The van der Waals surface area contributed by atoms with Gasteiger partial charge in [0.1, 0.15) is 0 Å².